The molecule has 1 N–H and O–H groups in total. The minimum absolute atomic E-state index is 0.0396. The average Bonchev–Trinajstić information content (AvgIpc) is 3.34. The van der Waals surface area contributed by atoms with Gasteiger partial charge in [-0.1, -0.05) is 53.7 Å². The number of amides is 1. The molecular weight excluding hydrogens is 459 g/mol. The third-order valence-electron chi connectivity index (χ3n) is 5.62. The molecule has 0 radical (unpaired) electrons. The van der Waals surface area contributed by atoms with Gasteiger partial charge in [-0.3, -0.25) is 15.1 Å². The van der Waals surface area contributed by atoms with Crippen LogP contribution in [0.15, 0.2) is 70.6 Å². The molecule has 2 aromatic carbocycles. The van der Waals surface area contributed by atoms with E-state index < -0.39 is 11.7 Å². The molecule has 1 amide bonds. The predicted octanol–water partition coefficient (Wildman–Crippen LogP) is 6.19. The van der Waals surface area contributed by atoms with Gasteiger partial charge in [0.25, 0.3) is 5.91 Å². The Bertz CT molecular complexity index is 1420. The van der Waals surface area contributed by atoms with Crippen LogP contribution >= 0.6 is 23.4 Å². The van der Waals surface area contributed by atoms with E-state index in [9.17, 15) is 9.18 Å². The van der Waals surface area contributed by atoms with E-state index in [0.29, 0.717) is 5.17 Å². The highest BCUT2D eigenvalue weighted by atomic mass is 35.5. The molecule has 0 saturated carbocycles. The molecule has 0 aliphatic carbocycles. The largest absolute Gasteiger partial charge is 0.318 e. The van der Waals surface area contributed by atoms with Crippen LogP contribution in [0.4, 0.5) is 4.39 Å². The fraction of sp³-hybridized carbons (Fsp3) is 0.0800. The van der Waals surface area contributed by atoms with Gasteiger partial charge in [0.2, 0.25) is 0 Å². The highest BCUT2D eigenvalue weighted by Crippen LogP contribution is 2.37. The summed E-state index contributed by atoms with van der Waals surface area (Å²) in [5.74, 6) is -0.846. The monoisotopic (exact) mass is 476 g/mol. The molecule has 164 valence electrons. The number of aryl methyl sites for hydroxylation is 1. The lowest BCUT2D eigenvalue weighted by atomic mass is 10.1. The molecule has 0 saturated heterocycles. The number of rotatable bonds is 3. The van der Waals surface area contributed by atoms with E-state index in [1.807, 2.05) is 60.2 Å². The molecule has 5 nitrogen and oxygen atoms in total. The van der Waals surface area contributed by atoms with Crippen LogP contribution in [0.1, 0.15) is 22.5 Å². The maximum absolute atomic E-state index is 13.6. The van der Waals surface area contributed by atoms with Gasteiger partial charge >= 0.3 is 0 Å². The number of nitrogens with one attached hydrogen (secondary N) is 1. The van der Waals surface area contributed by atoms with Crippen molar-refractivity contribution in [1.82, 2.24) is 9.47 Å². The smallest absolute Gasteiger partial charge is 0.283 e. The fourth-order valence-electron chi connectivity index (χ4n) is 4.03. The van der Waals surface area contributed by atoms with Crippen molar-refractivity contribution in [2.24, 2.45) is 4.99 Å². The summed E-state index contributed by atoms with van der Waals surface area (Å²) in [7, 11) is 0. The van der Waals surface area contributed by atoms with Gasteiger partial charge in [-0.05, 0) is 55.3 Å². The summed E-state index contributed by atoms with van der Waals surface area (Å²) in [6.45, 7) is 3.83. The Balaban J connectivity index is 1.55. The van der Waals surface area contributed by atoms with Crippen LogP contribution < -0.4 is 0 Å². The molecular formula is C25H18ClFN4OS. The Morgan fingerprint density at radius 2 is 1.88 bits per heavy atom. The number of thioether (sulfide) groups is 1. The lowest BCUT2D eigenvalue weighted by molar-refractivity contribution is -0.114. The topological polar surface area (TPSA) is 61.5 Å². The first-order chi connectivity index (χ1) is 15.8. The first-order valence-electron chi connectivity index (χ1n) is 10.2. The molecule has 2 aliphatic rings. The third-order valence-corrected chi connectivity index (χ3v) is 6.73. The maximum Gasteiger partial charge on any atom is 0.283 e. The fourth-order valence-corrected chi connectivity index (χ4v) is 5.09. The number of halogens is 2. The van der Waals surface area contributed by atoms with Crippen LogP contribution in [0.5, 0.6) is 0 Å². The highest BCUT2D eigenvalue weighted by molar-refractivity contribution is 8.17. The Labute approximate surface area is 199 Å². The number of nitrogens with zero attached hydrogens (tertiary/aromatic N) is 3. The van der Waals surface area contributed by atoms with E-state index >= 15 is 0 Å². The van der Waals surface area contributed by atoms with E-state index in [1.54, 1.807) is 23.1 Å². The number of carbonyl (C=O) groups excluding carboxylic acids is 1. The standard InChI is InChI=1S/C25H18ClFN4OS/c1-14-10-17(15(2)30(14)18-8-9-21(27)20(26)12-18)11-19-23(28)31-22(16-6-4-3-5-7-16)13-33-25(31)29-24(19)32/h3-13,28H,1-2H3/b19-11-,28-23?. The molecule has 0 unspecified atom stereocenters. The summed E-state index contributed by atoms with van der Waals surface area (Å²) >= 11 is 7.32. The zero-order valence-corrected chi connectivity index (χ0v) is 19.3. The molecule has 2 aliphatic heterocycles. The average molecular weight is 477 g/mol. The minimum atomic E-state index is -0.481. The summed E-state index contributed by atoms with van der Waals surface area (Å²) in [5.41, 5.74) is 5.19. The van der Waals surface area contributed by atoms with Gasteiger partial charge in [0.15, 0.2) is 5.17 Å². The van der Waals surface area contributed by atoms with Crippen molar-refractivity contribution in [3.05, 3.63) is 98.9 Å². The van der Waals surface area contributed by atoms with Crippen LogP contribution in [0, 0.1) is 25.1 Å². The number of aliphatic imine (C=N–C) groups is 1. The van der Waals surface area contributed by atoms with Crippen LogP contribution in [0.25, 0.3) is 17.5 Å². The zero-order valence-electron chi connectivity index (χ0n) is 17.8. The molecule has 3 aromatic rings. The molecule has 0 fully saturated rings. The normalized spacial score (nSPS) is 16.8. The first kappa shape index (κ1) is 21.4. The van der Waals surface area contributed by atoms with Crippen molar-refractivity contribution in [3.8, 4) is 5.69 Å². The molecule has 3 heterocycles. The zero-order chi connectivity index (χ0) is 23.3. The van der Waals surface area contributed by atoms with E-state index in [4.69, 9.17) is 17.0 Å². The SMILES string of the molecule is Cc1cc(/C=C2/C(=N)N3C(c4ccccc4)=CSC3=NC2=O)c(C)n1-c1ccc(F)c(Cl)c1. The van der Waals surface area contributed by atoms with E-state index in [0.717, 1.165) is 33.9 Å². The van der Waals surface area contributed by atoms with Gasteiger partial charge in [-0.25, -0.2) is 4.39 Å². The Morgan fingerprint density at radius 1 is 1.12 bits per heavy atom. The number of aromatic nitrogens is 1. The maximum atomic E-state index is 13.6. The van der Waals surface area contributed by atoms with Gasteiger partial charge in [0.05, 0.1) is 16.3 Å². The highest BCUT2D eigenvalue weighted by Gasteiger charge is 2.36. The van der Waals surface area contributed by atoms with Crippen LogP contribution in [-0.4, -0.2) is 26.4 Å². The van der Waals surface area contributed by atoms with E-state index in [-0.39, 0.29) is 16.4 Å². The summed E-state index contributed by atoms with van der Waals surface area (Å²) < 4.78 is 15.6. The second kappa shape index (κ2) is 8.17. The lowest BCUT2D eigenvalue weighted by Crippen LogP contribution is -2.38. The van der Waals surface area contributed by atoms with Gasteiger partial charge in [0, 0.05) is 22.5 Å². The van der Waals surface area contributed by atoms with Gasteiger partial charge in [0.1, 0.15) is 11.7 Å². The molecule has 0 atom stereocenters. The predicted molar refractivity (Wildman–Crippen MR) is 132 cm³/mol. The summed E-state index contributed by atoms with van der Waals surface area (Å²) in [6.07, 6.45) is 1.69. The Kier molecular flexibility index (Phi) is 5.31. The summed E-state index contributed by atoms with van der Waals surface area (Å²) in [5, 5.41) is 11.2. The third kappa shape index (κ3) is 3.63. The molecule has 8 heteroatoms. The number of hydrogen-bond donors (Lipinski definition) is 1. The number of fused-ring (bicyclic) bond motifs is 1. The summed E-state index contributed by atoms with van der Waals surface area (Å²) in [6, 6.07) is 16.2. The van der Waals surface area contributed by atoms with Gasteiger partial charge in [-0.2, -0.15) is 4.99 Å². The second-order valence-electron chi connectivity index (χ2n) is 7.69. The second-order valence-corrected chi connectivity index (χ2v) is 8.93. The molecule has 33 heavy (non-hydrogen) atoms. The van der Waals surface area contributed by atoms with Gasteiger partial charge in [-0.15, -0.1) is 0 Å². The minimum Gasteiger partial charge on any atom is -0.318 e. The summed E-state index contributed by atoms with van der Waals surface area (Å²) in [4.78, 5) is 18.8. The number of benzene rings is 2. The van der Waals surface area contributed by atoms with E-state index in [2.05, 4.69) is 4.99 Å². The number of carbonyl (C=O) groups is 1. The number of hydrogen-bond acceptors (Lipinski definition) is 3. The molecule has 1 aromatic heterocycles. The van der Waals surface area contributed by atoms with Crippen LogP contribution in [0.3, 0.4) is 0 Å². The van der Waals surface area contributed by atoms with Crippen molar-refractivity contribution >= 4 is 52.0 Å². The first-order valence-corrected chi connectivity index (χ1v) is 11.4. The quantitative estimate of drug-likeness (QED) is 0.458. The lowest BCUT2D eigenvalue weighted by Gasteiger charge is -2.26. The Hall–Kier alpha value is -3.42. The van der Waals surface area contributed by atoms with Gasteiger partial charge < -0.3 is 4.57 Å². The number of amidine groups is 2. The van der Waals surface area contributed by atoms with Crippen molar-refractivity contribution in [2.75, 3.05) is 0 Å². The van der Waals surface area contributed by atoms with Crippen molar-refractivity contribution in [1.29, 1.82) is 5.41 Å². The van der Waals surface area contributed by atoms with Crippen molar-refractivity contribution < 1.29 is 9.18 Å². The van der Waals surface area contributed by atoms with Crippen LogP contribution in [-0.2, 0) is 4.79 Å². The molecule has 0 spiro atoms. The van der Waals surface area contributed by atoms with E-state index in [1.165, 1.54) is 17.8 Å². The van der Waals surface area contributed by atoms with Crippen LogP contribution in [0.2, 0.25) is 5.02 Å². The van der Waals surface area contributed by atoms with Crippen molar-refractivity contribution in [3.63, 3.8) is 0 Å². The van der Waals surface area contributed by atoms with Crippen molar-refractivity contribution in [2.45, 2.75) is 13.8 Å². The Morgan fingerprint density at radius 3 is 2.61 bits per heavy atom. The molecule has 5 rings (SSSR count). The molecule has 0 bridgehead atoms.